The van der Waals surface area contributed by atoms with E-state index in [9.17, 15) is 4.79 Å². The zero-order chi connectivity index (χ0) is 22.0. The van der Waals surface area contributed by atoms with Crippen LogP contribution in [0.3, 0.4) is 0 Å². The van der Waals surface area contributed by atoms with Gasteiger partial charge in [-0.3, -0.25) is 4.79 Å². The van der Waals surface area contributed by atoms with Gasteiger partial charge in [-0.2, -0.15) is 11.8 Å². The summed E-state index contributed by atoms with van der Waals surface area (Å²) in [4.78, 5) is 11.7. The second-order valence-corrected chi connectivity index (χ2v) is 10.6. The first-order valence-electron chi connectivity index (χ1n) is 10.8. The second-order valence-electron chi connectivity index (χ2n) is 9.47. The molecule has 6 nitrogen and oxygen atoms in total. The lowest BCUT2D eigenvalue weighted by atomic mass is 9.92. The molecule has 1 N–H and O–H groups in total. The van der Waals surface area contributed by atoms with Crippen LogP contribution < -0.4 is 5.32 Å². The van der Waals surface area contributed by atoms with E-state index in [1.807, 2.05) is 11.8 Å². The number of hydrogen-bond donors (Lipinski definition) is 1. The predicted molar refractivity (Wildman–Crippen MR) is 122 cm³/mol. The number of carbonyl (C=O) groups excluding carboxylic acids is 1. The first-order chi connectivity index (χ1) is 13.6. The average Bonchev–Trinajstić information content (AvgIpc) is 2.59. The maximum absolute atomic E-state index is 11.7. The van der Waals surface area contributed by atoms with Crippen LogP contribution in [0, 0.1) is 10.8 Å². The molecule has 0 unspecified atom stereocenters. The van der Waals surface area contributed by atoms with Crippen molar-refractivity contribution in [2.75, 3.05) is 70.9 Å². The zero-order valence-electron chi connectivity index (χ0n) is 19.6. The van der Waals surface area contributed by atoms with Crippen molar-refractivity contribution in [2.45, 2.75) is 54.4 Å². The van der Waals surface area contributed by atoms with E-state index in [0.717, 1.165) is 24.5 Å². The number of carbonyl (C=O) groups is 1. The molecule has 0 spiro atoms. The van der Waals surface area contributed by atoms with Crippen LogP contribution in [-0.2, 0) is 23.7 Å². The van der Waals surface area contributed by atoms with Gasteiger partial charge in [0.25, 0.3) is 0 Å². The second kappa shape index (κ2) is 17.4. The molecule has 0 aromatic carbocycles. The maximum atomic E-state index is 11.7. The minimum atomic E-state index is 0.0404. The first kappa shape index (κ1) is 28.7. The lowest BCUT2D eigenvalue weighted by Crippen LogP contribution is -2.28. The summed E-state index contributed by atoms with van der Waals surface area (Å²) in [7, 11) is 0. The molecule has 0 radical (unpaired) electrons. The van der Waals surface area contributed by atoms with E-state index < -0.39 is 0 Å². The standard InChI is InChI=1S/C22H45NO5S/c1-21(2,3)8-9-23-20(24)7-10-25-11-12-26-13-14-27-15-16-28-17-18-29-19-22(4,5)6/h7-19H2,1-6H3,(H,23,24). The third kappa shape index (κ3) is 25.6. The molecular formula is C22H45NO5S. The van der Waals surface area contributed by atoms with E-state index in [4.69, 9.17) is 18.9 Å². The summed E-state index contributed by atoms with van der Waals surface area (Å²) in [5.41, 5.74) is 0.613. The smallest absolute Gasteiger partial charge is 0.222 e. The van der Waals surface area contributed by atoms with Crippen LogP contribution in [0.2, 0.25) is 0 Å². The van der Waals surface area contributed by atoms with Crippen molar-refractivity contribution in [1.29, 1.82) is 0 Å². The predicted octanol–water partition coefficient (Wildman–Crippen LogP) is 3.77. The largest absolute Gasteiger partial charge is 0.379 e. The Labute approximate surface area is 183 Å². The lowest BCUT2D eigenvalue weighted by molar-refractivity contribution is -0.122. The minimum Gasteiger partial charge on any atom is -0.379 e. The molecule has 0 bridgehead atoms. The Hall–Kier alpha value is -0.340. The van der Waals surface area contributed by atoms with Gasteiger partial charge in [0, 0.05) is 18.7 Å². The molecule has 0 saturated carbocycles. The number of thioether (sulfide) groups is 1. The Bertz CT molecular complexity index is 394. The van der Waals surface area contributed by atoms with Crippen LogP contribution in [-0.4, -0.2) is 76.8 Å². The number of ether oxygens (including phenoxy) is 4. The highest BCUT2D eigenvalue weighted by atomic mass is 32.2. The molecule has 7 heteroatoms. The van der Waals surface area contributed by atoms with Gasteiger partial charge in [0.1, 0.15) is 0 Å². The highest BCUT2D eigenvalue weighted by Gasteiger charge is 2.10. The molecule has 174 valence electrons. The van der Waals surface area contributed by atoms with Gasteiger partial charge in [-0.15, -0.1) is 0 Å². The number of amides is 1. The van der Waals surface area contributed by atoms with E-state index in [-0.39, 0.29) is 11.3 Å². The fourth-order valence-corrected chi connectivity index (χ4v) is 3.08. The van der Waals surface area contributed by atoms with Crippen molar-refractivity contribution in [3.8, 4) is 0 Å². The molecule has 1 amide bonds. The van der Waals surface area contributed by atoms with Crippen molar-refractivity contribution in [3.05, 3.63) is 0 Å². The monoisotopic (exact) mass is 435 g/mol. The molecule has 0 heterocycles. The molecule has 0 aliphatic rings. The normalized spacial score (nSPS) is 12.3. The highest BCUT2D eigenvalue weighted by molar-refractivity contribution is 7.99. The molecular weight excluding hydrogens is 390 g/mol. The van der Waals surface area contributed by atoms with E-state index in [1.54, 1.807) is 0 Å². The third-order valence-corrected chi connectivity index (χ3v) is 5.22. The van der Waals surface area contributed by atoms with Crippen LogP contribution in [0.25, 0.3) is 0 Å². The summed E-state index contributed by atoms with van der Waals surface area (Å²) in [5, 5.41) is 2.92. The minimum absolute atomic E-state index is 0.0404. The Morgan fingerprint density at radius 2 is 1.21 bits per heavy atom. The van der Waals surface area contributed by atoms with Crippen molar-refractivity contribution >= 4 is 17.7 Å². The first-order valence-corrected chi connectivity index (χ1v) is 11.9. The number of rotatable bonds is 18. The van der Waals surface area contributed by atoms with E-state index in [2.05, 4.69) is 46.9 Å². The van der Waals surface area contributed by atoms with Crippen LogP contribution in [0.4, 0.5) is 0 Å². The Morgan fingerprint density at radius 1 is 0.724 bits per heavy atom. The highest BCUT2D eigenvalue weighted by Crippen LogP contribution is 2.19. The third-order valence-electron chi connectivity index (χ3n) is 3.69. The van der Waals surface area contributed by atoms with Gasteiger partial charge >= 0.3 is 0 Å². The van der Waals surface area contributed by atoms with Gasteiger partial charge in [0.15, 0.2) is 0 Å². The van der Waals surface area contributed by atoms with Crippen LogP contribution in [0.1, 0.15) is 54.4 Å². The molecule has 0 fully saturated rings. The topological polar surface area (TPSA) is 66.0 Å². The quantitative estimate of drug-likeness (QED) is 0.331. The molecule has 0 saturated heterocycles. The van der Waals surface area contributed by atoms with Gasteiger partial charge in [0.2, 0.25) is 5.91 Å². The summed E-state index contributed by atoms with van der Waals surface area (Å²) >= 11 is 1.93. The number of hydrogen-bond acceptors (Lipinski definition) is 6. The molecule has 0 aliphatic carbocycles. The molecule has 29 heavy (non-hydrogen) atoms. The van der Waals surface area contributed by atoms with E-state index in [1.165, 1.54) is 0 Å². The SMILES string of the molecule is CC(C)(C)CCNC(=O)CCOCCOCCOCCOCCSCC(C)(C)C. The van der Waals surface area contributed by atoms with Crippen molar-refractivity contribution in [1.82, 2.24) is 5.32 Å². The number of nitrogens with one attached hydrogen (secondary N) is 1. The van der Waals surface area contributed by atoms with Gasteiger partial charge in [-0.05, 0) is 23.0 Å². The van der Waals surface area contributed by atoms with Crippen LogP contribution >= 0.6 is 11.8 Å². The Morgan fingerprint density at radius 3 is 1.69 bits per heavy atom. The summed E-state index contributed by atoms with van der Waals surface area (Å²) < 4.78 is 21.9. The fourth-order valence-electron chi connectivity index (χ4n) is 2.09. The summed E-state index contributed by atoms with van der Waals surface area (Å²) in [6.07, 6.45) is 1.36. The molecule has 0 aromatic rings. The van der Waals surface area contributed by atoms with Gasteiger partial charge in [-0.25, -0.2) is 0 Å². The zero-order valence-corrected chi connectivity index (χ0v) is 20.5. The summed E-state index contributed by atoms with van der Waals surface area (Å²) in [6.45, 7) is 18.4. The van der Waals surface area contributed by atoms with E-state index >= 15 is 0 Å². The van der Waals surface area contributed by atoms with Gasteiger partial charge < -0.3 is 24.3 Å². The summed E-state index contributed by atoms with van der Waals surface area (Å²) in [5.74, 6) is 2.22. The van der Waals surface area contributed by atoms with Crippen LogP contribution in [0.15, 0.2) is 0 Å². The van der Waals surface area contributed by atoms with Crippen molar-refractivity contribution in [3.63, 3.8) is 0 Å². The Balaban J connectivity index is 3.19. The molecule has 0 rings (SSSR count). The lowest BCUT2D eigenvalue weighted by Gasteiger charge is -2.17. The summed E-state index contributed by atoms with van der Waals surface area (Å²) in [6, 6.07) is 0. The molecule has 0 aliphatic heterocycles. The average molecular weight is 436 g/mol. The van der Waals surface area contributed by atoms with Crippen molar-refractivity contribution in [2.24, 2.45) is 10.8 Å². The maximum Gasteiger partial charge on any atom is 0.222 e. The van der Waals surface area contributed by atoms with E-state index in [0.29, 0.717) is 64.6 Å². The van der Waals surface area contributed by atoms with Crippen LogP contribution in [0.5, 0.6) is 0 Å². The Kier molecular flexibility index (Phi) is 17.1. The van der Waals surface area contributed by atoms with Gasteiger partial charge in [-0.1, -0.05) is 41.5 Å². The molecule has 0 aromatic heterocycles. The van der Waals surface area contributed by atoms with Gasteiger partial charge in [0.05, 0.1) is 52.9 Å². The van der Waals surface area contributed by atoms with Crippen molar-refractivity contribution < 1.29 is 23.7 Å². The molecule has 0 atom stereocenters. The fraction of sp³-hybridized carbons (Fsp3) is 0.955.